The molecule has 2 heterocycles. The number of nitrogens with zero attached hydrogens (tertiary/aromatic N) is 5. The van der Waals surface area contributed by atoms with Crippen LogP contribution < -0.4 is 5.32 Å². The van der Waals surface area contributed by atoms with Gasteiger partial charge in [-0.3, -0.25) is 9.59 Å². The second-order valence-corrected chi connectivity index (χ2v) is 6.74. The van der Waals surface area contributed by atoms with Crippen LogP contribution in [0.1, 0.15) is 29.4 Å². The third kappa shape index (κ3) is 4.33. The van der Waals surface area contributed by atoms with Crippen LogP contribution in [0.15, 0.2) is 24.5 Å². The number of halogens is 1. The van der Waals surface area contributed by atoms with Gasteiger partial charge in [0.15, 0.2) is 6.10 Å². The summed E-state index contributed by atoms with van der Waals surface area (Å²) in [5.74, 6) is -0.638. The lowest BCUT2D eigenvalue weighted by atomic mass is 10.1. The van der Waals surface area contributed by atoms with Crippen LogP contribution in [-0.4, -0.2) is 37.6 Å². The summed E-state index contributed by atoms with van der Waals surface area (Å²) in [6.45, 7) is 5.05. The molecular formula is C19H17ClN6O3. The Labute approximate surface area is 171 Å². The monoisotopic (exact) mass is 412 g/mol. The van der Waals surface area contributed by atoms with Gasteiger partial charge >= 0.3 is 5.97 Å². The minimum atomic E-state index is -1.03. The van der Waals surface area contributed by atoms with E-state index < -0.39 is 18.0 Å². The van der Waals surface area contributed by atoms with Crippen LogP contribution in [0.2, 0.25) is 5.02 Å². The average Bonchev–Trinajstić information content (AvgIpc) is 3.13. The fourth-order valence-electron chi connectivity index (χ4n) is 2.78. The van der Waals surface area contributed by atoms with E-state index in [1.165, 1.54) is 25.4 Å². The molecule has 0 aliphatic heterocycles. The molecule has 0 aliphatic rings. The van der Waals surface area contributed by atoms with E-state index in [-0.39, 0.29) is 11.4 Å². The van der Waals surface area contributed by atoms with Gasteiger partial charge in [-0.2, -0.15) is 15.3 Å². The van der Waals surface area contributed by atoms with Crippen molar-refractivity contribution < 1.29 is 14.3 Å². The van der Waals surface area contributed by atoms with E-state index in [1.54, 1.807) is 17.5 Å². The number of nitrogens with one attached hydrogen (secondary N) is 1. The summed E-state index contributed by atoms with van der Waals surface area (Å²) >= 11 is 5.95. The number of carbonyl (C=O) groups excluding carboxylic acids is 2. The largest absolute Gasteiger partial charge is 0.452 e. The summed E-state index contributed by atoms with van der Waals surface area (Å²) < 4.78 is 6.80. The van der Waals surface area contributed by atoms with Crippen LogP contribution in [0.25, 0.3) is 5.78 Å². The van der Waals surface area contributed by atoms with E-state index in [0.717, 1.165) is 5.69 Å². The molecule has 0 saturated heterocycles. The topological polar surface area (TPSA) is 122 Å². The number of hydrogen-bond acceptors (Lipinski definition) is 7. The zero-order chi connectivity index (χ0) is 21.1. The maximum Gasteiger partial charge on any atom is 0.311 e. The molecule has 10 heteroatoms. The molecule has 148 valence electrons. The Balaban J connectivity index is 1.65. The number of rotatable bonds is 5. The lowest BCUT2D eigenvalue weighted by molar-refractivity contribution is -0.152. The summed E-state index contributed by atoms with van der Waals surface area (Å²) in [6, 6.07) is 6.43. The first kappa shape index (κ1) is 20.2. The Morgan fingerprint density at radius 3 is 2.83 bits per heavy atom. The number of carbonyl (C=O) groups is 2. The number of benzene rings is 1. The molecule has 29 heavy (non-hydrogen) atoms. The van der Waals surface area contributed by atoms with Crippen molar-refractivity contribution in [2.75, 3.05) is 5.32 Å². The van der Waals surface area contributed by atoms with Gasteiger partial charge in [0.25, 0.3) is 11.7 Å². The third-order valence-corrected chi connectivity index (χ3v) is 4.66. The van der Waals surface area contributed by atoms with E-state index in [2.05, 4.69) is 20.4 Å². The second-order valence-electron chi connectivity index (χ2n) is 6.34. The maximum atomic E-state index is 12.4. The number of ether oxygens (including phenoxy) is 1. The van der Waals surface area contributed by atoms with E-state index in [9.17, 15) is 9.59 Å². The molecular weight excluding hydrogens is 396 g/mol. The molecule has 0 radical (unpaired) electrons. The highest BCUT2D eigenvalue weighted by atomic mass is 35.5. The van der Waals surface area contributed by atoms with Gasteiger partial charge in [-0.1, -0.05) is 11.6 Å². The molecule has 0 aliphatic carbocycles. The van der Waals surface area contributed by atoms with Crippen molar-refractivity contribution in [2.45, 2.75) is 33.3 Å². The lowest BCUT2D eigenvalue weighted by Crippen LogP contribution is -2.30. The summed E-state index contributed by atoms with van der Waals surface area (Å²) in [4.78, 5) is 33.0. The molecule has 3 rings (SSSR count). The molecule has 1 amide bonds. The fraction of sp³-hybridized carbons (Fsp3) is 0.263. The number of aromatic nitrogens is 4. The molecule has 9 nitrogen and oxygen atoms in total. The number of hydrogen-bond donors (Lipinski definition) is 1. The molecule has 2 aromatic heterocycles. The molecule has 1 atom stereocenters. The molecule has 0 saturated carbocycles. The summed E-state index contributed by atoms with van der Waals surface area (Å²) in [5.41, 5.74) is 2.73. The number of esters is 1. The Morgan fingerprint density at radius 1 is 1.38 bits per heavy atom. The Kier molecular flexibility index (Phi) is 5.75. The zero-order valence-electron chi connectivity index (χ0n) is 15.9. The van der Waals surface area contributed by atoms with E-state index >= 15 is 0 Å². The number of anilines is 1. The van der Waals surface area contributed by atoms with Gasteiger partial charge in [-0.15, -0.1) is 0 Å². The van der Waals surface area contributed by atoms with Crippen LogP contribution in [0.5, 0.6) is 0 Å². The van der Waals surface area contributed by atoms with Crippen LogP contribution in [0.3, 0.4) is 0 Å². The van der Waals surface area contributed by atoms with Crippen LogP contribution in [0.4, 0.5) is 5.69 Å². The van der Waals surface area contributed by atoms with Crippen LogP contribution in [-0.2, 0) is 20.7 Å². The van der Waals surface area contributed by atoms with Gasteiger partial charge in [0.2, 0.25) is 0 Å². The Hall–Kier alpha value is -3.51. The fourth-order valence-corrected chi connectivity index (χ4v) is 3.00. The maximum absolute atomic E-state index is 12.4. The van der Waals surface area contributed by atoms with Crippen molar-refractivity contribution in [2.24, 2.45) is 0 Å². The smallest absolute Gasteiger partial charge is 0.311 e. The van der Waals surface area contributed by atoms with Crippen molar-refractivity contribution in [3.05, 3.63) is 52.1 Å². The van der Waals surface area contributed by atoms with Crippen LogP contribution >= 0.6 is 11.6 Å². The SMILES string of the molecule is Cc1nc2ncnn2c(C)c1CC(=O)O[C@H](C)C(=O)Nc1ccc(C#N)c(Cl)c1. The van der Waals surface area contributed by atoms with Gasteiger partial charge in [0.1, 0.15) is 12.4 Å². The number of fused-ring (bicyclic) bond motifs is 1. The predicted octanol–water partition coefficient (Wildman–Crippen LogP) is 2.38. The number of aryl methyl sites for hydroxylation is 2. The van der Waals surface area contributed by atoms with Gasteiger partial charge < -0.3 is 10.1 Å². The lowest BCUT2D eigenvalue weighted by Gasteiger charge is -2.15. The standard InChI is InChI=1S/C19H17ClN6O3/c1-10-15(11(2)26-19(24-10)22-9-23-26)7-17(27)29-12(3)18(28)25-14-5-4-13(8-21)16(20)6-14/h4-6,9,12H,7H2,1-3H3,(H,25,28)/t12-/m1/s1. The normalized spacial score (nSPS) is 11.7. The van der Waals surface area contributed by atoms with Crippen LogP contribution in [0, 0.1) is 25.2 Å². The summed E-state index contributed by atoms with van der Waals surface area (Å²) in [7, 11) is 0. The molecule has 1 aromatic carbocycles. The van der Waals surface area contributed by atoms with Gasteiger partial charge in [0, 0.05) is 22.6 Å². The van der Waals surface area contributed by atoms with E-state index in [4.69, 9.17) is 21.6 Å². The minimum Gasteiger partial charge on any atom is -0.452 e. The van der Waals surface area contributed by atoms with Crippen molar-refractivity contribution in [1.29, 1.82) is 5.26 Å². The molecule has 0 bridgehead atoms. The number of nitriles is 1. The van der Waals surface area contributed by atoms with Gasteiger partial charge in [0.05, 0.1) is 17.0 Å². The third-order valence-electron chi connectivity index (χ3n) is 4.34. The molecule has 0 fully saturated rings. The first-order valence-electron chi connectivity index (χ1n) is 8.66. The molecule has 0 spiro atoms. The van der Waals surface area contributed by atoms with Crippen molar-refractivity contribution in [3.63, 3.8) is 0 Å². The Bertz CT molecular complexity index is 1150. The summed E-state index contributed by atoms with van der Waals surface area (Å²) in [6.07, 6.45) is 0.306. The first-order chi connectivity index (χ1) is 13.8. The summed E-state index contributed by atoms with van der Waals surface area (Å²) in [5, 5.41) is 15.8. The zero-order valence-corrected chi connectivity index (χ0v) is 16.7. The second kappa shape index (κ2) is 8.24. The van der Waals surface area contributed by atoms with Crippen molar-refractivity contribution >= 4 is 34.9 Å². The quantitative estimate of drug-likeness (QED) is 0.638. The van der Waals surface area contributed by atoms with E-state index in [1.807, 2.05) is 13.0 Å². The highest BCUT2D eigenvalue weighted by Crippen LogP contribution is 2.20. The van der Waals surface area contributed by atoms with Crippen molar-refractivity contribution in [1.82, 2.24) is 19.6 Å². The van der Waals surface area contributed by atoms with Gasteiger partial charge in [-0.25, -0.2) is 9.50 Å². The van der Waals surface area contributed by atoms with Crippen molar-refractivity contribution in [3.8, 4) is 6.07 Å². The highest BCUT2D eigenvalue weighted by molar-refractivity contribution is 6.32. The number of amides is 1. The predicted molar refractivity (Wildman–Crippen MR) is 104 cm³/mol. The van der Waals surface area contributed by atoms with Gasteiger partial charge in [-0.05, 0) is 39.0 Å². The molecule has 3 aromatic rings. The Morgan fingerprint density at radius 2 is 2.14 bits per heavy atom. The average molecular weight is 413 g/mol. The van der Waals surface area contributed by atoms with E-state index in [0.29, 0.717) is 28.3 Å². The molecule has 1 N–H and O–H groups in total. The molecule has 0 unspecified atom stereocenters. The highest BCUT2D eigenvalue weighted by Gasteiger charge is 2.21. The minimum absolute atomic E-state index is 0.0548. The first-order valence-corrected chi connectivity index (χ1v) is 9.03.